The zero-order chi connectivity index (χ0) is 13.4. The lowest BCUT2D eigenvalue weighted by atomic mass is 10.1. The number of aryl methyl sites for hydroxylation is 1. The minimum atomic E-state index is -0.932. The second-order valence-corrected chi connectivity index (χ2v) is 4.76. The Morgan fingerprint density at radius 3 is 2.74 bits per heavy atom. The van der Waals surface area contributed by atoms with Gasteiger partial charge in [0, 0.05) is 24.7 Å². The summed E-state index contributed by atoms with van der Waals surface area (Å²) in [4.78, 5) is 15.3. The molecule has 2 heterocycles. The van der Waals surface area contributed by atoms with Gasteiger partial charge in [0.05, 0.1) is 17.4 Å². The first-order valence-corrected chi connectivity index (χ1v) is 6.21. The van der Waals surface area contributed by atoms with Gasteiger partial charge in [0.25, 0.3) is 0 Å². The van der Waals surface area contributed by atoms with Crippen LogP contribution in [0.1, 0.15) is 22.6 Å². The molecule has 2 aromatic rings. The first kappa shape index (κ1) is 11.9. The van der Waals surface area contributed by atoms with E-state index in [0.29, 0.717) is 6.42 Å². The van der Waals surface area contributed by atoms with E-state index in [0.717, 1.165) is 30.0 Å². The van der Waals surface area contributed by atoms with Crippen molar-refractivity contribution in [3.8, 4) is 11.3 Å². The summed E-state index contributed by atoms with van der Waals surface area (Å²) in [6.45, 7) is 0.775. The van der Waals surface area contributed by atoms with Crippen molar-refractivity contribution in [1.29, 1.82) is 0 Å². The molecular formula is C14H14N2O3. The predicted octanol–water partition coefficient (Wildman–Crippen LogP) is 1.56. The highest BCUT2D eigenvalue weighted by molar-refractivity contribution is 5.88. The van der Waals surface area contributed by atoms with Crippen molar-refractivity contribution in [2.45, 2.75) is 25.5 Å². The number of aliphatic hydroxyl groups is 1. The monoisotopic (exact) mass is 258 g/mol. The Labute approximate surface area is 110 Å². The Balaban J connectivity index is 1.92. The van der Waals surface area contributed by atoms with Gasteiger partial charge in [-0.05, 0) is 18.6 Å². The number of carboxylic acids is 1. The molecule has 5 heteroatoms. The fraction of sp³-hybridized carbons (Fsp3) is 0.286. The summed E-state index contributed by atoms with van der Waals surface area (Å²) in [5, 5.41) is 18.5. The number of hydrogen-bond donors (Lipinski definition) is 2. The molecule has 1 atom stereocenters. The number of aliphatic hydroxyl groups excluding tert-OH is 1. The quantitative estimate of drug-likeness (QED) is 0.857. The molecule has 0 saturated heterocycles. The maximum absolute atomic E-state index is 10.8. The van der Waals surface area contributed by atoms with Gasteiger partial charge in [-0.15, -0.1) is 0 Å². The van der Waals surface area contributed by atoms with Gasteiger partial charge in [0.1, 0.15) is 5.82 Å². The Bertz CT molecular complexity index is 616. The summed E-state index contributed by atoms with van der Waals surface area (Å²) >= 11 is 0. The van der Waals surface area contributed by atoms with Crippen molar-refractivity contribution >= 4 is 5.97 Å². The minimum absolute atomic E-state index is 0.267. The molecule has 0 saturated carbocycles. The molecule has 2 N–H and O–H groups in total. The molecule has 98 valence electrons. The van der Waals surface area contributed by atoms with Gasteiger partial charge in [-0.1, -0.05) is 12.1 Å². The lowest BCUT2D eigenvalue weighted by Gasteiger charge is -2.18. The van der Waals surface area contributed by atoms with E-state index >= 15 is 0 Å². The van der Waals surface area contributed by atoms with E-state index in [1.165, 1.54) is 0 Å². The van der Waals surface area contributed by atoms with Crippen molar-refractivity contribution in [3.05, 3.63) is 41.9 Å². The molecule has 1 aromatic heterocycles. The molecule has 0 radical (unpaired) electrons. The maximum Gasteiger partial charge on any atom is 0.335 e. The molecule has 0 spiro atoms. The molecule has 1 aromatic carbocycles. The average Bonchev–Trinajstić information content (AvgIpc) is 2.81. The summed E-state index contributed by atoms with van der Waals surface area (Å²) in [5.41, 5.74) is 1.98. The zero-order valence-electron chi connectivity index (χ0n) is 10.3. The number of hydrogen-bond acceptors (Lipinski definition) is 3. The van der Waals surface area contributed by atoms with Gasteiger partial charge < -0.3 is 14.8 Å². The number of nitrogens with zero attached hydrogens (tertiary/aromatic N) is 2. The Hall–Kier alpha value is -2.14. The Morgan fingerprint density at radius 1 is 1.32 bits per heavy atom. The standard InChI is InChI=1S/C14H14N2O3/c17-11-5-6-16-8-12(15-13(16)7-11)9-1-3-10(4-2-9)14(18)19/h1-4,8,11,17H,5-7H2,(H,18,19). The number of benzene rings is 1. The van der Waals surface area contributed by atoms with Crippen molar-refractivity contribution in [1.82, 2.24) is 9.55 Å². The normalized spacial score (nSPS) is 18.1. The summed E-state index contributed by atoms with van der Waals surface area (Å²) in [6.07, 6.45) is 2.97. The molecule has 0 aliphatic carbocycles. The van der Waals surface area contributed by atoms with Crippen LogP contribution in [0.5, 0.6) is 0 Å². The first-order valence-electron chi connectivity index (χ1n) is 6.21. The minimum Gasteiger partial charge on any atom is -0.478 e. The van der Waals surface area contributed by atoms with Crippen LogP contribution in [0.25, 0.3) is 11.3 Å². The molecular weight excluding hydrogens is 244 g/mol. The average molecular weight is 258 g/mol. The van der Waals surface area contributed by atoms with Crippen molar-refractivity contribution in [3.63, 3.8) is 0 Å². The molecule has 5 nitrogen and oxygen atoms in total. The number of rotatable bonds is 2. The van der Waals surface area contributed by atoms with E-state index in [-0.39, 0.29) is 11.7 Å². The number of carbonyl (C=O) groups is 1. The highest BCUT2D eigenvalue weighted by atomic mass is 16.4. The van der Waals surface area contributed by atoms with E-state index < -0.39 is 5.97 Å². The van der Waals surface area contributed by atoms with E-state index in [1.807, 2.05) is 10.8 Å². The van der Waals surface area contributed by atoms with E-state index in [4.69, 9.17) is 5.11 Å². The Kier molecular flexibility index (Phi) is 2.83. The van der Waals surface area contributed by atoms with Crippen LogP contribution in [0.15, 0.2) is 30.5 Å². The Morgan fingerprint density at radius 2 is 2.05 bits per heavy atom. The largest absolute Gasteiger partial charge is 0.478 e. The number of imidazole rings is 1. The van der Waals surface area contributed by atoms with Gasteiger partial charge in [-0.25, -0.2) is 9.78 Å². The van der Waals surface area contributed by atoms with Gasteiger partial charge in [0.2, 0.25) is 0 Å². The second kappa shape index (κ2) is 4.51. The second-order valence-electron chi connectivity index (χ2n) is 4.76. The number of fused-ring (bicyclic) bond motifs is 1. The summed E-state index contributed by atoms with van der Waals surface area (Å²) < 4.78 is 2.05. The van der Waals surface area contributed by atoms with Gasteiger partial charge >= 0.3 is 5.97 Å². The molecule has 19 heavy (non-hydrogen) atoms. The summed E-state index contributed by atoms with van der Waals surface area (Å²) in [6, 6.07) is 6.66. The van der Waals surface area contributed by atoms with Gasteiger partial charge in [-0.3, -0.25) is 0 Å². The van der Waals surface area contributed by atoms with Crippen LogP contribution < -0.4 is 0 Å². The predicted molar refractivity (Wildman–Crippen MR) is 69.0 cm³/mol. The summed E-state index contributed by atoms with van der Waals surface area (Å²) in [7, 11) is 0. The number of carboxylic acid groups (broad SMARTS) is 1. The van der Waals surface area contributed by atoms with Crippen molar-refractivity contribution in [2.75, 3.05) is 0 Å². The fourth-order valence-electron chi connectivity index (χ4n) is 2.33. The lowest BCUT2D eigenvalue weighted by Crippen LogP contribution is -2.22. The van der Waals surface area contributed by atoms with E-state index in [9.17, 15) is 9.90 Å². The van der Waals surface area contributed by atoms with Crippen LogP contribution in [0, 0.1) is 0 Å². The van der Waals surface area contributed by atoms with Crippen LogP contribution in [0.3, 0.4) is 0 Å². The van der Waals surface area contributed by atoms with Crippen molar-refractivity contribution in [2.24, 2.45) is 0 Å². The molecule has 1 aliphatic heterocycles. The lowest BCUT2D eigenvalue weighted by molar-refractivity contribution is 0.0697. The van der Waals surface area contributed by atoms with Gasteiger partial charge in [0.15, 0.2) is 0 Å². The molecule has 1 unspecified atom stereocenters. The van der Waals surface area contributed by atoms with Gasteiger partial charge in [-0.2, -0.15) is 0 Å². The third-order valence-electron chi connectivity index (χ3n) is 3.41. The van der Waals surface area contributed by atoms with Crippen molar-refractivity contribution < 1.29 is 15.0 Å². The fourth-order valence-corrected chi connectivity index (χ4v) is 2.33. The van der Waals surface area contributed by atoms with Crippen LogP contribution in [0.2, 0.25) is 0 Å². The third-order valence-corrected chi connectivity index (χ3v) is 3.41. The maximum atomic E-state index is 10.8. The first-order chi connectivity index (χ1) is 9.13. The highest BCUT2D eigenvalue weighted by Crippen LogP contribution is 2.23. The smallest absolute Gasteiger partial charge is 0.335 e. The van der Waals surface area contributed by atoms with Crippen LogP contribution in [-0.2, 0) is 13.0 Å². The topological polar surface area (TPSA) is 75.3 Å². The molecule has 0 bridgehead atoms. The molecule has 1 aliphatic rings. The molecule has 0 fully saturated rings. The van der Waals surface area contributed by atoms with Crippen LogP contribution in [-0.4, -0.2) is 31.8 Å². The van der Waals surface area contributed by atoms with E-state index in [2.05, 4.69) is 4.98 Å². The van der Waals surface area contributed by atoms with E-state index in [1.54, 1.807) is 24.3 Å². The van der Waals surface area contributed by atoms with Crippen LogP contribution in [0.4, 0.5) is 0 Å². The number of aromatic nitrogens is 2. The number of aromatic carboxylic acids is 1. The zero-order valence-corrected chi connectivity index (χ0v) is 10.3. The SMILES string of the molecule is O=C(O)c1ccc(-c2cn3c(n2)CC(O)CC3)cc1. The summed E-state index contributed by atoms with van der Waals surface area (Å²) in [5.74, 6) is -0.0464. The molecule has 3 rings (SSSR count). The van der Waals surface area contributed by atoms with Crippen LogP contribution >= 0.6 is 0 Å². The third kappa shape index (κ3) is 2.24. The molecule has 0 amide bonds. The highest BCUT2D eigenvalue weighted by Gasteiger charge is 2.19.